The maximum atomic E-state index is 14.9. The second-order valence-corrected chi connectivity index (χ2v) is 10.2. The number of anilines is 3. The van der Waals surface area contributed by atoms with Gasteiger partial charge in [0.25, 0.3) is 0 Å². The molecule has 0 unspecified atom stereocenters. The Morgan fingerprint density at radius 3 is 2.29 bits per heavy atom. The van der Waals surface area contributed by atoms with Gasteiger partial charge in [-0.2, -0.15) is 13.2 Å². The molecule has 0 saturated heterocycles. The molecule has 3 N–H and O–H groups in total. The van der Waals surface area contributed by atoms with Crippen LogP contribution >= 0.6 is 0 Å². The highest BCUT2D eigenvalue weighted by atomic mass is 19.4. The summed E-state index contributed by atoms with van der Waals surface area (Å²) in [6, 6.07) is 10.8. The molecule has 0 atom stereocenters. The first-order chi connectivity index (χ1) is 20.0. The third-order valence-corrected chi connectivity index (χ3v) is 6.97. The summed E-state index contributed by atoms with van der Waals surface area (Å²) in [6.07, 6.45) is -1.01. The van der Waals surface area contributed by atoms with Crippen LogP contribution in [0.3, 0.4) is 0 Å². The number of imidazole rings is 1. The van der Waals surface area contributed by atoms with E-state index in [4.69, 9.17) is 4.74 Å². The number of ether oxygens (including phenoxy) is 1. The molecule has 2 fully saturated rings. The summed E-state index contributed by atoms with van der Waals surface area (Å²) in [7, 11) is 0. The van der Waals surface area contributed by atoms with E-state index in [0.717, 1.165) is 37.1 Å². The molecular weight excluding hydrogens is 560 g/mol. The fourth-order valence-corrected chi connectivity index (χ4v) is 4.28. The number of rotatable bonds is 8. The first-order valence-corrected chi connectivity index (χ1v) is 13.0. The molecule has 42 heavy (non-hydrogen) atoms. The van der Waals surface area contributed by atoms with Gasteiger partial charge in [-0.25, -0.2) is 13.9 Å². The number of hydrogen-bond acceptors (Lipinski definition) is 6. The fraction of sp³-hybridized carbons (Fsp3) is 0.250. The summed E-state index contributed by atoms with van der Waals surface area (Å²) in [4.78, 5) is 42.0. The Balaban J connectivity index is 1.10. The first kappa shape index (κ1) is 27.2. The lowest BCUT2D eigenvalue weighted by Crippen LogP contribution is -2.35. The smallest absolute Gasteiger partial charge is 0.416 e. The minimum Gasteiger partial charge on any atom is -0.434 e. The number of nitrogens with zero attached hydrogens (tertiary/aromatic N) is 3. The van der Waals surface area contributed by atoms with Crippen molar-refractivity contribution >= 4 is 40.6 Å². The molecule has 0 spiro atoms. The topological polar surface area (TPSA) is 127 Å². The Hall–Kier alpha value is -5.01. The molecule has 6 rings (SSSR count). The van der Waals surface area contributed by atoms with E-state index in [-0.39, 0.29) is 47.7 Å². The number of carbonyl (C=O) groups excluding carboxylic acids is 3. The van der Waals surface area contributed by atoms with Gasteiger partial charge in [0.15, 0.2) is 23.0 Å². The zero-order chi connectivity index (χ0) is 29.6. The number of benzene rings is 2. The summed E-state index contributed by atoms with van der Waals surface area (Å²) < 4.78 is 60.8. The van der Waals surface area contributed by atoms with Gasteiger partial charge in [-0.1, -0.05) is 6.07 Å². The number of aromatic nitrogens is 3. The van der Waals surface area contributed by atoms with Crippen molar-refractivity contribution < 1.29 is 36.7 Å². The van der Waals surface area contributed by atoms with Crippen LogP contribution in [0.15, 0.2) is 60.8 Å². The third kappa shape index (κ3) is 5.60. The SMILES string of the molecule is O=C(Nc1cn2nc(Oc3ccc(NC(=O)C4(C(=O)Nc5cccc(C(F)(F)F)c5)CC4)cc3F)ccc2n1)C1CC1. The highest BCUT2D eigenvalue weighted by Gasteiger charge is 2.56. The third-order valence-electron chi connectivity index (χ3n) is 6.97. The highest BCUT2D eigenvalue weighted by Crippen LogP contribution is 2.48. The molecule has 14 heteroatoms. The van der Waals surface area contributed by atoms with Crippen LogP contribution in [-0.4, -0.2) is 32.3 Å². The van der Waals surface area contributed by atoms with Crippen molar-refractivity contribution in [1.29, 1.82) is 0 Å². The van der Waals surface area contributed by atoms with Gasteiger partial charge < -0.3 is 20.7 Å². The van der Waals surface area contributed by atoms with E-state index in [1.165, 1.54) is 35.0 Å². The Morgan fingerprint density at radius 1 is 0.929 bits per heavy atom. The summed E-state index contributed by atoms with van der Waals surface area (Å²) in [5.41, 5.74) is -2.02. The number of halogens is 4. The van der Waals surface area contributed by atoms with Gasteiger partial charge in [0.05, 0.1) is 11.8 Å². The molecule has 216 valence electrons. The standard InChI is InChI=1S/C28H22F4N6O4/c29-19-13-18(34-26(41)27(10-11-27)25(40)33-17-3-1-2-16(12-17)28(30,31)32)6-7-20(19)42-23-9-8-22-35-21(14-38(22)37-23)36-24(39)15-4-5-15/h1-3,6-9,12-15H,4-5,10-11H2,(H,33,40)(H,34,41)(H,36,39). The van der Waals surface area contributed by atoms with Crippen LogP contribution in [-0.2, 0) is 20.6 Å². The van der Waals surface area contributed by atoms with Gasteiger partial charge in [-0.15, -0.1) is 5.10 Å². The van der Waals surface area contributed by atoms with E-state index in [9.17, 15) is 31.9 Å². The lowest BCUT2D eigenvalue weighted by atomic mass is 10.0. The minimum absolute atomic E-state index is 0.00817. The highest BCUT2D eigenvalue weighted by molar-refractivity contribution is 6.16. The van der Waals surface area contributed by atoms with Gasteiger partial charge in [0.1, 0.15) is 5.41 Å². The molecule has 2 aromatic carbocycles. The average Bonchev–Trinajstić information content (AvgIpc) is 3.86. The summed E-state index contributed by atoms with van der Waals surface area (Å²) in [5.74, 6) is -2.20. The van der Waals surface area contributed by atoms with Crippen molar-refractivity contribution in [1.82, 2.24) is 14.6 Å². The molecule has 10 nitrogen and oxygen atoms in total. The average molecular weight is 583 g/mol. The van der Waals surface area contributed by atoms with Crippen LogP contribution in [0, 0.1) is 17.2 Å². The lowest BCUT2D eigenvalue weighted by Gasteiger charge is -2.16. The molecule has 4 aromatic rings. The Morgan fingerprint density at radius 2 is 1.64 bits per heavy atom. The molecule has 2 aliphatic carbocycles. The molecule has 2 aromatic heterocycles. The monoisotopic (exact) mass is 582 g/mol. The molecule has 0 bridgehead atoms. The zero-order valence-corrected chi connectivity index (χ0v) is 21.7. The molecule has 0 aliphatic heterocycles. The van der Waals surface area contributed by atoms with E-state index in [2.05, 4.69) is 26.0 Å². The van der Waals surface area contributed by atoms with E-state index in [1.807, 2.05) is 0 Å². The van der Waals surface area contributed by atoms with Crippen molar-refractivity contribution in [2.75, 3.05) is 16.0 Å². The predicted octanol–water partition coefficient (Wildman–Crippen LogP) is 5.39. The number of amides is 3. The first-order valence-electron chi connectivity index (χ1n) is 13.0. The number of nitrogens with one attached hydrogen (secondary N) is 3. The van der Waals surface area contributed by atoms with Crippen LogP contribution in [0.5, 0.6) is 11.6 Å². The van der Waals surface area contributed by atoms with Gasteiger partial charge >= 0.3 is 6.18 Å². The van der Waals surface area contributed by atoms with Crippen molar-refractivity contribution in [3.63, 3.8) is 0 Å². The summed E-state index contributed by atoms with van der Waals surface area (Å²) >= 11 is 0. The number of carbonyl (C=O) groups is 3. The van der Waals surface area contributed by atoms with E-state index in [1.54, 1.807) is 6.07 Å². The molecule has 2 aliphatic rings. The van der Waals surface area contributed by atoms with Crippen LogP contribution in [0.4, 0.5) is 34.8 Å². The molecule has 2 heterocycles. The van der Waals surface area contributed by atoms with Crippen LogP contribution in [0.1, 0.15) is 31.2 Å². The Labute approximate surface area is 235 Å². The fourth-order valence-electron chi connectivity index (χ4n) is 4.28. The van der Waals surface area contributed by atoms with Crippen molar-refractivity contribution in [3.05, 3.63) is 72.2 Å². The summed E-state index contributed by atoms with van der Waals surface area (Å²) in [5, 5.41) is 11.8. The van der Waals surface area contributed by atoms with Gasteiger partial charge in [0.2, 0.25) is 23.6 Å². The largest absolute Gasteiger partial charge is 0.434 e. The quantitative estimate of drug-likeness (QED) is 0.189. The zero-order valence-electron chi connectivity index (χ0n) is 21.7. The predicted molar refractivity (Wildman–Crippen MR) is 141 cm³/mol. The molecule has 0 radical (unpaired) electrons. The number of hydrogen-bond donors (Lipinski definition) is 3. The number of alkyl halides is 3. The molecule has 3 amide bonds. The Kier molecular flexibility index (Phi) is 6.55. The number of fused-ring (bicyclic) bond motifs is 1. The van der Waals surface area contributed by atoms with Gasteiger partial charge in [-0.3, -0.25) is 14.4 Å². The molecular formula is C28H22F4N6O4. The maximum Gasteiger partial charge on any atom is 0.416 e. The van der Waals surface area contributed by atoms with Crippen LogP contribution in [0.25, 0.3) is 5.65 Å². The second-order valence-electron chi connectivity index (χ2n) is 10.2. The van der Waals surface area contributed by atoms with Gasteiger partial charge in [-0.05, 0) is 62.1 Å². The normalized spacial score (nSPS) is 15.6. The van der Waals surface area contributed by atoms with Crippen molar-refractivity contribution in [3.8, 4) is 11.6 Å². The van der Waals surface area contributed by atoms with E-state index >= 15 is 0 Å². The van der Waals surface area contributed by atoms with Crippen LogP contribution < -0.4 is 20.7 Å². The van der Waals surface area contributed by atoms with Crippen molar-refractivity contribution in [2.45, 2.75) is 31.9 Å². The minimum atomic E-state index is -4.59. The summed E-state index contributed by atoms with van der Waals surface area (Å²) in [6.45, 7) is 0. The second kappa shape index (κ2) is 10.1. The van der Waals surface area contributed by atoms with E-state index in [0.29, 0.717) is 11.5 Å². The van der Waals surface area contributed by atoms with Crippen molar-refractivity contribution in [2.24, 2.45) is 11.3 Å². The lowest BCUT2D eigenvalue weighted by molar-refractivity contribution is -0.137. The van der Waals surface area contributed by atoms with E-state index < -0.39 is 34.8 Å². The molecule has 2 saturated carbocycles. The van der Waals surface area contributed by atoms with Crippen LogP contribution in [0.2, 0.25) is 0 Å². The maximum absolute atomic E-state index is 14.9. The Bertz CT molecular complexity index is 1730. The van der Waals surface area contributed by atoms with Gasteiger partial charge in [0, 0.05) is 29.4 Å².